The quantitative estimate of drug-likeness (QED) is 0.725. The number of thioether (sulfide) groups is 1. The lowest BCUT2D eigenvalue weighted by atomic mass is 10.1. The minimum absolute atomic E-state index is 0.0262. The van der Waals surface area contributed by atoms with Crippen molar-refractivity contribution in [3.05, 3.63) is 53.1 Å². The van der Waals surface area contributed by atoms with Crippen LogP contribution in [0.2, 0.25) is 0 Å². The predicted molar refractivity (Wildman–Crippen MR) is 123 cm³/mol. The van der Waals surface area contributed by atoms with Crippen molar-refractivity contribution in [1.29, 1.82) is 0 Å². The zero-order chi connectivity index (χ0) is 22.1. The van der Waals surface area contributed by atoms with Gasteiger partial charge >= 0.3 is 0 Å². The average Bonchev–Trinajstić information content (AvgIpc) is 3.53. The zero-order valence-corrected chi connectivity index (χ0v) is 19.1. The highest BCUT2D eigenvalue weighted by atomic mass is 32.2. The number of carbonyl (C=O) groups is 2. The van der Waals surface area contributed by atoms with E-state index in [2.05, 4.69) is 5.32 Å². The summed E-state index contributed by atoms with van der Waals surface area (Å²) in [6, 6.07) is 11.0. The molecule has 0 aromatic heterocycles. The molecular weight excluding hydrogens is 412 g/mol. The van der Waals surface area contributed by atoms with Gasteiger partial charge in [0.25, 0.3) is 0 Å². The van der Waals surface area contributed by atoms with Crippen LogP contribution in [0.4, 0.5) is 5.69 Å². The van der Waals surface area contributed by atoms with Crippen molar-refractivity contribution in [2.45, 2.75) is 38.1 Å². The highest BCUT2D eigenvalue weighted by Gasteiger charge is 2.46. The predicted octanol–water partition coefficient (Wildman–Crippen LogP) is 4.31. The third-order valence-corrected chi connectivity index (χ3v) is 7.27. The molecule has 0 bridgehead atoms. The lowest BCUT2D eigenvalue weighted by Gasteiger charge is -2.29. The maximum Gasteiger partial charge on any atom is 0.248 e. The van der Waals surface area contributed by atoms with Gasteiger partial charge in [0.1, 0.15) is 11.4 Å². The van der Waals surface area contributed by atoms with E-state index in [1.54, 1.807) is 30.9 Å². The lowest BCUT2D eigenvalue weighted by Crippen LogP contribution is -2.46. The molecule has 4 rings (SSSR count). The van der Waals surface area contributed by atoms with Crippen molar-refractivity contribution in [2.24, 2.45) is 5.92 Å². The number of carbonyl (C=O) groups excluding carboxylic acids is 2. The molecule has 31 heavy (non-hydrogen) atoms. The van der Waals surface area contributed by atoms with Gasteiger partial charge in [-0.3, -0.25) is 9.59 Å². The van der Waals surface area contributed by atoms with Gasteiger partial charge in [0.05, 0.1) is 14.2 Å². The number of nitrogens with one attached hydrogen (secondary N) is 1. The molecule has 0 spiro atoms. The summed E-state index contributed by atoms with van der Waals surface area (Å²) in [6.07, 6.45) is 1.79. The smallest absolute Gasteiger partial charge is 0.248 e. The molecule has 164 valence electrons. The van der Waals surface area contributed by atoms with Gasteiger partial charge in [0.15, 0.2) is 11.5 Å². The number of nitrogens with zero attached hydrogens (tertiary/aromatic N) is 1. The zero-order valence-electron chi connectivity index (χ0n) is 18.3. The first-order chi connectivity index (χ1) is 14.9. The highest BCUT2D eigenvalue weighted by Crippen LogP contribution is 2.46. The molecule has 1 saturated heterocycles. The Balaban J connectivity index is 1.60. The van der Waals surface area contributed by atoms with Gasteiger partial charge in [-0.25, -0.2) is 0 Å². The molecule has 0 radical (unpaired) electrons. The SMILES string of the molecule is COc1ccc(C2SCC(C(=O)Nc3ccc(C)c(C)c3)N2C(=O)C2CC2)cc1OC. The number of amides is 2. The molecule has 1 heterocycles. The van der Waals surface area contributed by atoms with Crippen LogP contribution in [0.5, 0.6) is 11.5 Å². The van der Waals surface area contributed by atoms with Crippen molar-refractivity contribution in [1.82, 2.24) is 4.90 Å². The third-order valence-electron chi connectivity index (χ3n) is 5.95. The van der Waals surface area contributed by atoms with Crippen molar-refractivity contribution in [2.75, 3.05) is 25.3 Å². The van der Waals surface area contributed by atoms with Crippen molar-refractivity contribution < 1.29 is 19.1 Å². The first kappa shape index (κ1) is 21.6. The largest absolute Gasteiger partial charge is 0.493 e. The van der Waals surface area contributed by atoms with Crippen LogP contribution in [0.15, 0.2) is 36.4 Å². The second-order valence-corrected chi connectivity index (χ2v) is 9.24. The second-order valence-electron chi connectivity index (χ2n) is 8.12. The van der Waals surface area contributed by atoms with Crippen LogP contribution < -0.4 is 14.8 Å². The molecule has 1 saturated carbocycles. The molecule has 1 aliphatic carbocycles. The average molecular weight is 441 g/mol. The molecule has 2 aliphatic rings. The molecule has 2 atom stereocenters. The van der Waals surface area contributed by atoms with E-state index in [1.807, 2.05) is 50.2 Å². The molecule has 2 amide bonds. The summed E-state index contributed by atoms with van der Waals surface area (Å²) in [4.78, 5) is 28.2. The monoisotopic (exact) mass is 440 g/mol. The number of hydrogen-bond donors (Lipinski definition) is 1. The fourth-order valence-electron chi connectivity index (χ4n) is 3.83. The molecule has 7 heteroatoms. The van der Waals surface area contributed by atoms with Gasteiger partial charge in [0.2, 0.25) is 11.8 Å². The summed E-state index contributed by atoms with van der Waals surface area (Å²) in [6.45, 7) is 4.06. The van der Waals surface area contributed by atoms with Crippen LogP contribution in [0.25, 0.3) is 0 Å². The standard InChI is InChI=1S/C24H28N2O4S/c1-14-5-9-18(11-15(14)2)25-22(27)19-13-31-24(26(19)23(28)16-6-7-16)17-8-10-20(29-3)21(12-17)30-4/h5,8-12,16,19,24H,6-7,13H2,1-4H3,(H,25,27). The molecule has 2 aromatic carbocycles. The van der Waals surface area contributed by atoms with Crippen LogP contribution in [0, 0.1) is 19.8 Å². The van der Waals surface area contributed by atoms with Gasteiger partial charge in [-0.05, 0) is 67.6 Å². The number of aryl methyl sites for hydroxylation is 2. The van der Waals surface area contributed by atoms with E-state index in [0.29, 0.717) is 17.3 Å². The molecule has 1 aliphatic heterocycles. The number of hydrogen-bond acceptors (Lipinski definition) is 5. The van der Waals surface area contributed by atoms with Gasteiger partial charge < -0.3 is 19.7 Å². The summed E-state index contributed by atoms with van der Waals surface area (Å²) in [7, 11) is 3.19. The normalized spacial score (nSPS) is 20.5. The Bertz CT molecular complexity index is 1010. The number of rotatable bonds is 6. The Morgan fingerprint density at radius 2 is 1.74 bits per heavy atom. The van der Waals surface area contributed by atoms with Crippen LogP contribution in [-0.4, -0.2) is 42.7 Å². The van der Waals surface area contributed by atoms with Gasteiger partial charge in [-0.15, -0.1) is 11.8 Å². The summed E-state index contributed by atoms with van der Waals surface area (Å²) >= 11 is 1.61. The lowest BCUT2D eigenvalue weighted by molar-refractivity contribution is -0.139. The van der Waals surface area contributed by atoms with Crippen molar-refractivity contribution in [3.8, 4) is 11.5 Å². The summed E-state index contributed by atoms with van der Waals surface area (Å²) in [5.74, 6) is 1.74. The fraction of sp³-hybridized carbons (Fsp3) is 0.417. The van der Waals surface area contributed by atoms with E-state index in [9.17, 15) is 9.59 Å². The molecule has 6 nitrogen and oxygen atoms in total. The number of methoxy groups -OCH3 is 2. The van der Waals surface area contributed by atoms with E-state index >= 15 is 0 Å². The molecule has 1 N–H and O–H groups in total. The van der Waals surface area contributed by atoms with Crippen molar-refractivity contribution >= 4 is 29.3 Å². The topological polar surface area (TPSA) is 67.9 Å². The summed E-state index contributed by atoms with van der Waals surface area (Å²) in [5, 5.41) is 2.79. The molecule has 2 fully saturated rings. The Kier molecular flexibility index (Phi) is 6.14. The third kappa shape index (κ3) is 4.37. The highest BCUT2D eigenvalue weighted by molar-refractivity contribution is 7.99. The minimum Gasteiger partial charge on any atom is -0.493 e. The van der Waals surface area contributed by atoms with Crippen LogP contribution >= 0.6 is 11.8 Å². The van der Waals surface area contributed by atoms with E-state index < -0.39 is 6.04 Å². The molecule has 2 unspecified atom stereocenters. The summed E-state index contributed by atoms with van der Waals surface area (Å²) in [5.41, 5.74) is 3.98. The Morgan fingerprint density at radius 3 is 2.39 bits per heavy atom. The Hall–Kier alpha value is -2.67. The maximum absolute atomic E-state index is 13.2. The van der Waals surface area contributed by atoms with Crippen LogP contribution in [0.1, 0.15) is 34.9 Å². The van der Waals surface area contributed by atoms with E-state index in [1.165, 1.54) is 5.56 Å². The summed E-state index contributed by atoms with van der Waals surface area (Å²) < 4.78 is 10.8. The minimum atomic E-state index is -0.516. The second kappa shape index (κ2) is 8.83. The van der Waals surface area contributed by atoms with E-state index in [0.717, 1.165) is 29.7 Å². The maximum atomic E-state index is 13.2. The number of anilines is 1. The number of benzene rings is 2. The van der Waals surface area contributed by atoms with Crippen molar-refractivity contribution in [3.63, 3.8) is 0 Å². The fourth-order valence-corrected chi connectivity index (χ4v) is 5.25. The first-order valence-electron chi connectivity index (χ1n) is 10.5. The van der Waals surface area contributed by atoms with E-state index in [-0.39, 0.29) is 23.1 Å². The first-order valence-corrected chi connectivity index (χ1v) is 11.5. The Labute approximate surface area is 187 Å². The number of ether oxygens (including phenoxy) is 2. The van der Waals surface area contributed by atoms with Crippen LogP contribution in [-0.2, 0) is 9.59 Å². The molecular formula is C24H28N2O4S. The van der Waals surface area contributed by atoms with E-state index in [4.69, 9.17) is 9.47 Å². The Morgan fingerprint density at radius 1 is 1.00 bits per heavy atom. The van der Waals surface area contributed by atoms with Gasteiger partial charge in [-0.2, -0.15) is 0 Å². The van der Waals surface area contributed by atoms with Gasteiger partial charge in [0, 0.05) is 17.4 Å². The van der Waals surface area contributed by atoms with Gasteiger partial charge in [-0.1, -0.05) is 12.1 Å². The van der Waals surface area contributed by atoms with Crippen LogP contribution in [0.3, 0.4) is 0 Å². The molecule has 2 aromatic rings.